The molecule has 0 unspecified atom stereocenters. The van der Waals surface area contributed by atoms with Crippen LogP contribution in [0.25, 0.3) is 0 Å². The number of hydrogen-bond acceptors (Lipinski definition) is 4. The third-order valence-corrected chi connectivity index (χ3v) is 5.16. The summed E-state index contributed by atoms with van der Waals surface area (Å²) in [7, 11) is 0. The van der Waals surface area contributed by atoms with Crippen LogP contribution in [-0.4, -0.2) is 32.0 Å². The molecule has 2 saturated carbocycles. The molecule has 2 fully saturated rings. The van der Waals surface area contributed by atoms with Gasteiger partial charge in [0.1, 0.15) is 5.82 Å². The number of nitrogens with one attached hydrogen (secondary N) is 1. The van der Waals surface area contributed by atoms with Crippen molar-refractivity contribution < 1.29 is 4.79 Å². The third kappa shape index (κ3) is 3.00. The Morgan fingerprint density at radius 3 is 2.65 bits per heavy atom. The Balaban J connectivity index is 1.60. The smallest absolute Gasteiger partial charge is 0.233 e. The predicted octanol–water partition coefficient (Wildman–Crippen LogP) is 2.46. The van der Waals surface area contributed by atoms with Gasteiger partial charge in [-0.05, 0) is 39.5 Å². The highest BCUT2D eigenvalue weighted by atomic mass is 32.2. The summed E-state index contributed by atoms with van der Waals surface area (Å²) in [6.45, 7) is 3.94. The second-order valence-electron chi connectivity index (χ2n) is 5.88. The van der Waals surface area contributed by atoms with E-state index in [0.29, 0.717) is 12.1 Å². The van der Waals surface area contributed by atoms with Gasteiger partial charge in [0.15, 0.2) is 5.16 Å². The van der Waals surface area contributed by atoms with E-state index in [2.05, 4.69) is 20.1 Å². The summed E-state index contributed by atoms with van der Waals surface area (Å²) < 4.78 is 2.18. The van der Waals surface area contributed by atoms with Crippen molar-refractivity contribution in [1.82, 2.24) is 20.1 Å². The van der Waals surface area contributed by atoms with E-state index in [4.69, 9.17) is 0 Å². The fourth-order valence-electron chi connectivity index (χ4n) is 2.78. The normalized spacial score (nSPS) is 21.1. The molecule has 2 aliphatic rings. The largest absolute Gasteiger partial charge is 0.352 e. The van der Waals surface area contributed by atoms with Crippen molar-refractivity contribution in [3.8, 4) is 0 Å². The number of thioether (sulfide) groups is 1. The first-order valence-electron chi connectivity index (χ1n) is 7.53. The molecule has 1 heterocycles. The Bertz CT molecular complexity index is 491. The lowest BCUT2D eigenvalue weighted by Crippen LogP contribution is -2.37. The van der Waals surface area contributed by atoms with Gasteiger partial charge in [-0.3, -0.25) is 4.79 Å². The van der Waals surface area contributed by atoms with E-state index in [1.165, 1.54) is 37.4 Å². The van der Waals surface area contributed by atoms with Crippen molar-refractivity contribution in [2.24, 2.45) is 0 Å². The molecule has 2 aliphatic carbocycles. The van der Waals surface area contributed by atoms with Crippen LogP contribution in [0, 0.1) is 6.92 Å². The molecule has 0 saturated heterocycles. The number of hydrogen-bond donors (Lipinski definition) is 1. The highest BCUT2D eigenvalue weighted by Gasteiger charge is 2.30. The first-order valence-corrected chi connectivity index (χ1v) is 8.41. The van der Waals surface area contributed by atoms with Crippen LogP contribution in [-0.2, 0) is 4.79 Å². The lowest BCUT2D eigenvalue weighted by molar-refractivity contribution is -0.120. The minimum Gasteiger partial charge on any atom is -0.352 e. The molecule has 110 valence electrons. The number of nitrogens with zero attached hydrogens (tertiary/aromatic N) is 3. The zero-order valence-electron chi connectivity index (χ0n) is 12.1. The molecular weight excluding hydrogens is 272 g/mol. The van der Waals surface area contributed by atoms with Gasteiger partial charge in [0.2, 0.25) is 5.91 Å². The number of rotatable bonds is 5. The Labute approximate surface area is 123 Å². The zero-order valence-corrected chi connectivity index (χ0v) is 12.9. The van der Waals surface area contributed by atoms with E-state index in [0.717, 1.165) is 23.8 Å². The van der Waals surface area contributed by atoms with Crippen LogP contribution < -0.4 is 5.32 Å². The van der Waals surface area contributed by atoms with Gasteiger partial charge in [-0.1, -0.05) is 24.6 Å². The fourth-order valence-corrected chi connectivity index (χ4v) is 3.76. The summed E-state index contributed by atoms with van der Waals surface area (Å²) >= 11 is 1.53. The molecular formula is C14H22N4OS. The first-order chi connectivity index (χ1) is 9.65. The average molecular weight is 294 g/mol. The maximum absolute atomic E-state index is 12.2. The summed E-state index contributed by atoms with van der Waals surface area (Å²) in [4.78, 5) is 12.2. The Morgan fingerprint density at radius 1 is 1.30 bits per heavy atom. The minimum absolute atomic E-state index is 0.114. The molecule has 0 radical (unpaired) electrons. The Morgan fingerprint density at radius 2 is 2.00 bits per heavy atom. The maximum Gasteiger partial charge on any atom is 0.233 e. The van der Waals surface area contributed by atoms with Gasteiger partial charge < -0.3 is 9.88 Å². The molecule has 1 amide bonds. The number of carbonyl (C=O) groups is 1. The van der Waals surface area contributed by atoms with Crippen LogP contribution in [0.2, 0.25) is 0 Å². The predicted molar refractivity (Wildman–Crippen MR) is 78.7 cm³/mol. The number of aryl methyl sites for hydroxylation is 1. The molecule has 5 nitrogen and oxygen atoms in total. The van der Waals surface area contributed by atoms with Crippen molar-refractivity contribution in [2.45, 2.75) is 74.9 Å². The second kappa shape index (κ2) is 5.76. The van der Waals surface area contributed by atoms with Crippen LogP contribution in [0.3, 0.4) is 0 Å². The lowest BCUT2D eigenvalue weighted by Gasteiger charge is -2.16. The molecule has 0 aromatic carbocycles. The summed E-state index contributed by atoms with van der Waals surface area (Å²) in [5, 5.41) is 12.3. The average Bonchev–Trinajstić information content (AvgIpc) is 3.00. The summed E-state index contributed by atoms with van der Waals surface area (Å²) in [6.07, 6.45) is 7.13. The van der Waals surface area contributed by atoms with E-state index in [9.17, 15) is 4.79 Å². The van der Waals surface area contributed by atoms with Crippen LogP contribution in [0.1, 0.15) is 57.3 Å². The van der Waals surface area contributed by atoms with Crippen LogP contribution in [0.4, 0.5) is 0 Å². The molecule has 1 N–H and O–H groups in total. The van der Waals surface area contributed by atoms with E-state index in [-0.39, 0.29) is 11.2 Å². The number of carbonyl (C=O) groups excluding carboxylic acids is 1. The van der Waals surface area contributed by atoms with Crippen LogP contribution >= 0.6 is 11.8 Å². The first kappa shape index (κ1) is 13.9. The Hall–Kier alpha value is -1.04. The van der Waals surface area contributed by atoms with E-state index in [1.54, 1.807) is 0 Å². The molecule has 1 aromatic rings. The number of amides is 1. The summed E-state index contributed by atoms with van der Waals surface area (Å²) in [6, 6.07) is 0.936. The molecule has 6 heteroatoms. The third-order valence-electron chi connectivity index (χ3n) is 4.10. The zero-order chi connectivity index (χ0) is 14.1. The van der Waals surface area contributed by atoms with Crippen molar-refractivity contribution in [3.05, 3.63) is 5.82 Å². The van der Waals surface area contributed by atoms with Crippen molar-refractivity contribution in [2.75, 3.05) is 0 Å². The molecule has 3 rings (SSSR count). The fraction of sp³-hybridized carbons (Fsp3) is 0.786. The second-order valence-corrected chi connectivity index (χ2v) is 7.19. The standard InChI is InChI=1S/C14H22N4OS/c1-9(13(19)15-11-5-3-4-6-11)20-14-17-16-10(2)18(14)12-7-8-12/h9,11-12H,3-8H2,1-2H3,(H,15,19)/t9-/m0/s1. The van der Waals surface area contributed by atoms with Crippen LogP contribution in [0.5, 0.6) is 0 Å². The highest BCUT2D eigenvalue weighted by Crippen LogP contribution is 2.39. The van der Waals surface area contributed by atoms with Gasteiger partial charge in [0, 0.05) is 12.1 Å². The van der Waals surface area contributed by atoms with Crippen LogP contribution in [0.15, 0.2) is 5.16 Å². The van der Waals surface area contributed by atoms with Gasteiger partial charge in [-0.2, -0.15) is 0 Å². The van der Waals surface area contributed by atoms with Gasteiger partial charge in [0.25, 0.3) is 0 Å². The van der Waals surface area contributed by atoms with E-state index in [1.807, 2.05) is 13.8 Å². The van der Waals surface area contributed by atoms with Gasteiger partial charge in [0.05, 0.1) is 5.25 Å². The lowest BCUT2D eigenvalue weighted by atomic mass is 10.2. The summed E-state index contributed by atoms with van der Waals surface area (Å²) in [5.74, 6) is 1.09. The van der Waals surface area contributed by atoms with Crippen molar-refractivity contribution in [3.63, 3.8) is 0 Å². The van der Waals surface area contributed by atoms with Gasteiger partial charge in [-0.15, -0.1) is 10.2 Å². The van der Waals surface area contributed by atoms with E-state index < -0.39 is 0 Å². The molecule has 0 aliphatic heterocycles. The van der Waals surface area contributed by atoms with E-state index >= 15 is 0 Å². The van der Waals surface area contributed by atoms with Gasteiger partial charge >= 0.3 is 0 Å². The van der Waals surface area contributed by atoms with Crippen molar-refractivity contribution >= 4 is 17.7 Å². The van der Waals surface area contributed by atoms with Crippen molar-refractivity contribution in [1.29, 1.82) is 0 Å². The topological polar surface area (TPSA) is 59.8 Å². The molecule has 1 atom stereocenters. The SMILES string of the molecule is Cc1nnc(S[C@@H](C)C(=O)NC2CCCC2)n1C1CC1. The Kier molecular flexibility index (Phi) is 4.01. The maximum atomic E-state index is 12.2. The molecule has 0 spiro atoms. The number of aromatic nitrogens is 3. The van der Waals surface area contributed by atoms with Gasteiger partial charge in [-0.25, -0.2) is 0 Å². The molecule has 0 bridgehead atoms. The minimum atomic E-state index is -0.114. The highest BCUT2D eigenvalue weighted by molar-refractivity contribution is 8.00. The monoisotopic (exact) mass is 294 g/mol. The molecule has 1 aromatic heterocycles. The molecule has 20 heavy (non-hydrogen) atoms. The quantitative estimate of drug-likeness (QED) is 0.848. The summed E-state index contributed by atoms with van der Waals surface area (Å²) in [5.41, 5.74) is 0.